The molecule has 0 spiro atoms. The first-order valence-corrected chi connectivity index (χ1v) is 8.76. The van der Waals surface area contributed by atoms with Crippen LogP contribution >= 0.6 is 11.3 Å². The monoisotopic (exact) mass is 322 g/mol. The summed E-state index contributed by atoms with van der Waals surface area (Å²) in [6.45, 7) is 2.57. The Kier molecular flexibility index (Phi) is 3.25. The van der Waals surface area contributed by atoms with Gasteiger partial charge in [-0.25, -0.2) is 4.39 Å². The third kappa shape index (κ3) is 2.16. The van der Waals surface area contributed by atoms with Gasteiger partial charge in [-0.3, -0.25) is 9.59 Å². The zero-order valence-corrected chi connectivity index (χ0v) is 13.2. The quantitative estimate of drug-likeness (QED) is 0.837. The van der Waals surface area contributed by atoms with Crippen molar-refractivity contribution >= 4 is 23.2 Å². The van der Waals surface area contributed by atoms with E-state index in [2.05, 4.69) is 0 Å². The summed E-state index contributed by atoms with van der Waals surface area (Å²) in [5.74, 6) is 0.376. The SMILES string of the molecule is O=C(c1cccs1)N1C[C@@H]2CN(C(=O)C3(F)CCC3)C[C@@H]2C1. The van der Waals surface area contributed by atoms with E-state index in [4.69, 9.17) is 0 Å². The Hall–Kier alpha value is -1.43. The lowest BCUT2D eigenvalue weighted by atomic mass is 9.81. The molecule has 6 heteroatoms. The lowest BCUT2D eigenvalue weighted by Crippen LogP contribution is -2.50. The van der Waals surface area contributed by atoms with Crippen molar-refractivity contribution in [2.75, 3.05) is 26.2 Å². The van der Waals surface area contributed by atoms with Gasteiger partial charge in [0.1, 0.15) is 0 Å². The Balaban J connectivity index is 1.38. The molecule has 0 unspecified atom stereocenters. The molecular formula is C16H19FN2O2S. The van der Waals surface area contributed by atoms with Crippen molar-refractivity contribution in [1.82, 2.24) is 9.80 Å². The fourth-order valence-electron chi connectivity index (χ4n) is 3.87. The van der Waals surface area contributed by atoms with E-state index in [9.17, 15) is 14.0 Å². The van der Waals surface area contributed by atoms with Crippen LogP contribution in [0.3, 0.4) is 0 Å². The lowest BCUT2D eigenvalue weighted by molar-refractivity contribution is -0.149. The van der Waals surface area contributed by atoms with Gasteiger partial charge < -0.3 is 9.80 Å². The maximum atomic E-state index is 14.3. The fourth-order valence-corrected chi connectivity index (χ4v) is 4.56. The molecule has 118 valence electrons. The van der Waals surface area contributed by atoms with Crippen molar-refractivity contribution in [2.45, 2.75) is 24.9 Å². The molecule has 0 N–H and O–H groups in total. The van der Waals surface area contributed by atoms with Crippen molar-refractivity contribution < 1.29 is 14.0 Å². The van der Waals surface area contributed by atoms with Crippen LogP contribution in [0, 0.1) is 11.8 Å². The van der Waals surface area contributed by atoms with Crippen molar-refractivity contribution in [3.05, 3.63) is 22.4 Å². The molecule has 2 saturated heterocycles. The van der Waals surface area contributed by atoms with E-state index in [1.165, 1.54) is 11.3 Å². The van der Waals surface area contributed by atoms with E-state index < -0.39 is 5.67 Å². The zero-order valence-electron chi connectivity index (χ0n) is 12.3. The number of rotatable bonds is 2. The van der Waals surface area contributed by atoms with Crippen molar-refractivity contribution in [1.29, 1.82) is 0 Å². The molecule has 1 aliphatic carbocycles. The number of nitrogens with zero attached hydrogens (tertiary/aromatic N) is 2. The molecule has 0 radical (unpaired) electrons. The van der Waals surface area contributed by atoms with E-state index in [1.807, 2.05) is 22.4 Å². The summed E-state index contributed by atoms with van der Waals surface area (Å²) < 4.78 is 14.3. The van der Waals surface area contributed by atoms with E-state index in [0.29, 0.717) is 50.9 Å². The number of amides is 2. The molecule has 3 fully saturated rings. The highest BCUT2D eigenvalue weighted by molar-refractivity contribution is 7.12. The Morgan fingerprint density at radius 2 is 1.77 bits per heavy atom. The lowest BCUT2D eigenvalue weighted by Gasteiger charge is -2.36. The van der Waals surface area contributed by atoms with Crippen LogP contribution in [0.5, 0.6) is 0 Å². The second-order valence-electron chi connectivity index (χ2n) is 6.74. The molecule has 4 nitrogen and oxygen atoms in total. The molecule has 2 atom stereocenters. The molecule has 4 rings (SSSR count). The average molecular weight is 322 g/mol. The molecule has 0 bridgehead atoms. The van der Waals surface area contributed by atoms with Crippen LogP contribution in [0.2, 0.25) is 0 Å². The van der Waals surface area contributed by atoms with Crippen LogP contribution in [0.1, 0.15) is 28.9 Å². The highest BCUT2D eigenvalue weighted by atomic mass is 32.1. The predicted molar refractivity (Wildman–Crippen MR) is 81.5 cm³/mol. The van der Waals surface area contributed by atoms with Gasteiger partial charge >= 0.3 is 0 Å². The maximum Gasteiger partial charge on any atom is 0.263 e. The standard InChI is InChI=1S/C16H19FN2O2S/c17-16(4-2-5-16)15(21)19-9-11-7-18(8-12(11)10-19)14(20)13-3-1-6-22-13/h1,3,6,11-12H,2,4-5,7-10H2/t11-,12+. The van der Waals surface area contributed by atoms with Crippen molar-refractivity contribution in [2.24, 2.45) is 11.8 Å². The van der Waals surface area contributed by atoms with Gasteiger partial charge in [-0.1, -0.05) is 6.07 Å². The molecule has 1 saturated carbocycles. The summed E-state index contributed by atoms with van der Waals surface area (Å²) in [4.78, 5) is 29.0. The minimum atomic E-state index is -1.59. The number of likely N-dealkylation sites (tertiary alicyclic amines) is 2. The largest absolute Gasteiger partial charge is 0.339 e. The zero-order chi connectivity index (χ0) is 15.3. The number of halogens is 1. The summed E-state index contributed by atoms with van der Waals surface area (Å²) in [5.41, 5.74) is -1.59. The number of thiophene rings is 1. The van der Waals surface area contributed by atoms with E-state index in [0.717, 1.165) is 11.3 Å². The Labute approximate surface area is 132 Å². The van der Waals surface area contributed by atoms with Gasteiger partial charge in [0.2, 0.25) is 0 Å². The smallest absolute Gasteiger partial charge is 0.263 e. The van der Waals surface area contributed by atoms with Crippen LogP contribution in [0.15, 0.2) is 17.5 Å². The number of alkyl halides is 1. The van der Waals surface area contributed by atoms with Gasteiger partial charge in [-0.05, 0) is 30.7 Å². The molecule has 3 aliphatic rings. The third-order valence-corrected chi connectivity index (χ3v) is 6.18. The molecular weight excluding hydrogens is 303 g/mol. The Morgan fingerprint density at radius 1 is 1.14 bits per heavy atom. The second kappa shape index (κ2) is 5.05. The predicted octanol–water partition coefficient (Wildman–Crippen LogP) is 2.17. The minimum Gasteiger partial charge on any atom is -0.339 e. The summed E-state index contributed by atoms with van der Waals surface area (Å²) in [6, 6.07) is 3.73. The first-order valence-electron chi connectivity index (χ1n) is 7.88. The minimum absolute atomic E-state index is 0.0863. The van der Waals surface area contributed by atoms with Crippen molar-refractivity contribution in [3.63, 3.8) is 0 Å². The number of carbonyl (C=O) groups is 2. The molecule has 3 heterocycles. The Morgan fingerprint density at radius 3 is 2.27 bits per heavy atom. The van der Waals surface area contributed by atoms with Crippen LogP contribution in [0.4, 0.5) is 4.39 Å². The number of carbonyl (C=O) groups excluding carboxylic acids is 2. The fraction of sp³-hybridized carbons (Fsp3) is 0.625. The molecule has 2 amide bonds. The summed E-state index contributed by atoms with van der Waals surface area (Å²) >= 11 is 1.46. The highest BCUT2D eigenvalue weighted by Crippen LogP contribution is 2.40. The van der Waals surface area contributed by atoms with Gasteiger partial charge in [0.25, 0.3) is 11.8 Å². The summed E-state index contributed by atoms with van der Waals surface area (Å²) in [7, 11) is 0. The normalized spacial score (nSPS) is 29.3. The topological polar surface area (TPSA) is 40.6 Å². The Bertz CT molecular complexity index is 585. The summed E-state index contributed by atoms with van der Waals surface area (Å²) in [6.07, 6.45) is 1.56. The number of hydrogen-bond acceptors (Lipinski definition) is 3. The van der Waals surface area contributed by atoms with E-state index >= 15 is 0 Å². The summed E-state index contributed by atoms with van der Waals surface area (Å²) in [5, 5.41) is 1.91. The number of fused-ring (bicyclic) bond motifs is 1. The van der Waals surface area contributed by atoms with Crippen LogP contribution in [-0.4, -0.2) is 53.5 Å². The first-order chi connectivity index (χ1) is 10.6. The molecule has 0 aromatic carbocycles. The van der Waals surface area contributed by atoms with Gasteiger partial charge in [0, 0.05) is 38.0 Å². The molecule has 1 aromatic heterocycles. The van der Waals surface area contributed by atoms with Gasteiger partial charge in [-0.2, -0.15) is 0 Å². The number of hydrogen-bond donors (Lipinski definition) is 0. The van der Waals surface area contributed by atoms with Crippen LogP contribution < -0.4 is 0 Å². The highest BCUT2D eigenvalue weighted by Gasteiger charge is 2.51. The van der Waals surface area contributed by atoms with Gasteiger partial charge in [0.05, 0.1) is 4.88 Å². The average Bonchev–Trinajstić information content (AvgIpc) is 3.17. The second-order valence-corrected chi connectivity index (χ2v) is 7.68. The maximum absolute atomic E-state index is 14.3. The van der Waals surface area contributed by atoms with E-state index in [1.54, 1.807) is 4.90 Å². The molecule has 1 aromatic rings. The van der Waals surface area contributed by atoms with Crippen LogP contribution in [-0.2, 0) is 4.79 Å². The van der Waals surface area contributed by atoms with Crippen molar-refractivity contribution in [3.8, 4) is 0 Å². The first kappa shape index (κ1) is 14.2. The molecule has 22 heavy (non-hydrogen) atoms. The molecule has 2 aliphatic heterocycles. The van der Waals surface area contributed by atoms with Gasteiger partial charge in [0.15, 0.2) is 5.67 Å². The van der Waals surface area contributed by atoms with Crippen LogP contribution in [0.25, 0.3) is 0 Å². The van der Waals surface area contributed by atoms with E-state index in [-0.39, 0.29) is 11.8 Å². The van der Waals surface area contributed by atoms with Gasteiger partial charge in [-0.15, -0.1) is 11.3 Å². The third-order valence-electron chi connectivity index (χ3n) is 5.32.